The van der Waals surface area contributed by atoms with Gasteiger partial charge in [-0.05, 0) is 35.4 Å². The van der Waals surface area contributed by atoms with Crippen LogP contribution in [-0.4, -0.2) is 74.5 Å². The highest BCUT2D eigenvalue weighted by atomic mass is 16.7. The molecule has 0 spiro atoms. The van der Waals surface area contributed by atoms with Gasteiger partial charge in [0.05, 0.1) is 13.1 Å². The van der Waals surface area contributed by atoms with Crippen molar-refractivity contribution in [1.29, 1.82) is 0 Å². The lowest BCUT2D eigenvalue weighted by Crippen LogP contribution is -2.53. The van der Waals surface area contributed by atoms with E-state index in [2.05, 4.69) is 10.6 Å². The molecule has 3 aliphatic rings. The van der Waals surface area contributed by atoms with Gasteiger partial charge in [-0.1, -0.05) is 12.1 Å². The van der Waals surface area contributed by atoms with Crippen molar-refractivity contribution < 1.29 is 28.5 Å². The van der Waals surface area contributed by atoms with Crippen molar-refractivity contribution >= 4 is 11.8 Å². The van der Waals surface area contributed by atoms with Crippen molar-refractivity contribution in [3.63, 3.8) is 0 Å². The van der Waals surface area contributed by atoms with Gasteiger partial charge in [0.25, 0.3) is 0 Å². The number of carbonyl (C=O) groups excluding carboxylic acids is 2. The standard InChI is InChI=1S/C24H28N4O6/c29-23(13-25-11-17-1-3-19-21(9-17)33-15-31-19)27-5-7-28(8-6-27)24(30)14-26-12-18-2-4-20-22(10-18)34-16-32-20/h1-4,9-10,25-26H,5-8,11-16H2. The summed E-state index contributed by atoms with van der Waals surface area (Å²) in [5, 5.41) is 6.38. The van der Waals surface area contributed by atoms with Gasteiger partial charge in [0.1, 0.15) is 0 Å². The molecule has 0 aromatic heterocycles. The van der Waals surface area contributed by atoms with Crippen LogP contribution in [0.4, 0.5) is 0 Å². The number of hydrogen-bond acceptors (Lipinski definition) is 8. The number of hydrogen-bond donors (Lipinski definition) is 2. The lowest BCUT2D eigenvalue weighted by atomic mass is 10.2. The summed E-state index contributed by atoms with van der Waals surface area (Å²) in [5.41, 5.74) is 2.06. The molecular formula is C24H28N4O6. The number of carbonyl (C=O) groups is 2. The van der Waals surface area contributed by atoms with Crippen molar-refractivity contribution in [3.05, 3.63) is 47.5 Å². The molecule has 3 heterocycles. The van der Waals surface area contributed by atoms with Crippen molar-refractivity contribution in [2.75, 3.05) is 52.9 Å². The summed E-state index contributed by atoms with van der Waals surface area (Å²) < 4.78 is 21.4. The maximum absolute atomic E-state index is 12.5. The summed E-state index contributed by atoms with van der Waals surface area (Å²) in [7, 11) is 0. The van der Waals surface area contributed by atoms with E-state index in [1.807, 2.05) is 36.4 Å². The Bertz CT molecular complexity index is 970. The first kappa shape index (κ1) is 22.3. The maximum Gasteiger partial charge on any atom is 0.236 e. The molecule has 2 aromatic rings. The largest absolute Gasteiger partial charge is 0.454 e. The highest BCUT2D eigenvalue weighted by molar-refractivity contribution is 5.80. The Kier molecular flexibility index (Phi) is 6.68. The minimum absolute atomic E-state index is 0.0359. The second-order valence-electron chi connectivity index (χ2n) is 8.34. The van der Waals surface area contributed by atoms with E-state index in [-0.39, 0.29) is 38.5 Å². The monoisotopic (exact) mass is 468 g/mol. The number of benzene rings is 2. The minimum atomic E-state index is 0.0359. The molecule has 1 saturated heterocycles. The van der Waals surface area contributed by atoms with Gasteiger partial charge in [-0.15, -0.1) is 0 Å². The predicted octanol–water partition coefficient (Wildman–Crippen LogP) is 0.694. The summed E-state index contributed by atoms with van der Waals surface area (Å²) in [6, 6.07) is 11.5. The van der Waals surface area contributed by atoms with Crippen LogP contribution in [-0.2, 0) is 22.7 Å². The minimum Gasteiger partial charge on any atom is -0.454 e. The fraction of sp³-hybridized carbons (Fsp3) is 0.417. The van der Waals surface area contributed by atoms with Crippen molar-refractivity contribution in [2.24, 2.45) is 0 Å². The van der Waals surface area contributed by atoms with Gasteiger partial charge < -0.3 is 39.4 Å². The predicted molar refractivity (Wildman–Crippen MR) is 122 cm³/mol. The molecule has 3 aliphatic heterocycles. The van der Waals surface area contributed by atoms with Crippen molar-refractivity contribution in [2.45, 2.75) is 13.1 Å². The average Bonchev–Trinajstić information content (AvgIpc) is 3.52. The molecular weight excluding hydrogens is 440 g/mol. The first-order valence-corrected chi connectivity index (χ1v) is 11.4. The van der Waals surface area contributed by atoms with Gasteiger partial charge in [0.2, 0.25) is 25.4 Å². The topological polar surface area (TPSA) is 102 Å². The van der Waals surface area contributed by atoms with Crippen LogP contribution in [0.25, 0.3) is 0 Å². The molecule has 2 amide bonds. The van der Waals surface area contributed by atoms with Gasteiger partial charge in [-0.25, -0.2) is 0 Å². The number of rotatable bonds is 8. The van der Waals surface area contributed by atoms with E-state index in [0.717, 1.165) is 34.1 Å². The number of fused-ring (bicyclic) bond motifs is 2. The molecule has 0 bridgehead atoms. The average molecular weight is 469 g/mol. The Balaban J connectivity index is 0.989. The molecule has 0 unspecified atom stereocenters. The molecule has 180 valence electrons. The molecule has 2 aromatic carbocycles. The molecule has 1 fully saturated rings. The maximum atomic E-state index is 12.5. The van der Waals surface area contributed by atoms with E-state index < -0.39 is 0 Å². The zero-order valence-corrected chi connectivity index (χ0v) is 18.9. The van der Waals surface area contributed by atoms with Gasteiger partial charge in [-0.3, -0.25) is 9.59 Å². The summed E-state index contributed by atoms with van der Waals surface area (Å²) in [6.07, 6.45) is 0. The number of piperazine rings is 1. The van der Waals surface area contributed by atoms with Crippen LogP contribution in [0.3, 0.4) is 0 Å². The van der Waals surface area contributed by atoms with Gasteiger partial charge in [0.15, 0.2) is 23.0 Å². The normalized spacial score (nSPS) is 16.1. The first-order chi connectivity index (χ1) is 16.7. The van der Waals surface area contributed by atoms with Crippen LogP contribution in [0.5, 0.6) is 23.0 Å². The summed E-state index contributed by atoms with van der Waals surface area (Å²) in [4.78, 5) is 28.7. The Labute approximate surface area is 197 Å². The lowest BCUT2D eigenvalue weighted by molar-refractivity contribution is -0.138. The van der Waals surface area contributed by atoms with E-state index in [1.54, 1.807) is 9.80 Å². The second-order valence-corrected chi connectivity index (χ2v) is 8.34. The number of nitrogens with zero attached hydrogens (tertiary/aromatic N) is 2. The van der Waals surface area contributed by atoms with Crippen LogP contribution >= 0.6 is 0 Å². The summed E-state index contributed by atoms with van der Waals surface area (Å²) in [6.45, 7) is 4.28. The summed E-state index contributed by atoms with van der Waals surface area (Å²) in [5.74, 6) is 3.03. The van der Waals surface area contributed by atoms with E-state index in [9.17, 15) is 9.59 Å². The number of amides is 2. The van der Waals surface area contributed by atoms with E-state index >= 15 is 0 Å². The molecule has 34 heavy (non-hydrogen) atoms. The van der Waals surface area contributed by atoms with Crippen molar-refractivity contribution in [1.82, 2.24) is 20.4 Å². The van der Waals surface area contributed by atoms with Crippen LogP contribution in [0.15, 0.2) is 36.4 Å². The third-order valence-corrected chi connectivity index (χ3v) is 6.07. The van der Waals surface area contributed by atoms with E-state index in [4.69, 9.17) is 18.9 Å². The highest BCUT2D eigenvalue weighted by Crippen LogP contribution is 2.33. The molecule has 0 radical (unpaired) electrons. The quantitative estimate of drug-likeness (QED) is 0.584. The van der Waals surface area contributed by atoms with Crippen LogP contribution in [0.2, 0.25) is 0 Å². The zero-order valence-electron chi connectivity index (χ0n) is 18.9. The van der Waals surface area contributed by atoms with Crippen LogP contribution < -0.4 is 29.6 Å². The Morgan fingerprint density at radius 1 is 0.647 bits per heavy atom. The van der Waals surface area contributed by atoms with Gasteiger partial charge in [-0.2, -0.15) is 0 Å². The van der Waals surface area contributed by atoms with Crippen LogP contribution in [0, 0.1) is 0 Å². The van der Waals surface area contributed by atoms with Crippen molar-refractivity contribution in [3.8, 4) is 23.0 Å². The lowest BCUT2D eigenvalue weighted by Gasteiger charge is -2.35. The molecule has 0 aliphatic carbocycles. The number of ether oxygens (including phenoxy) is 4. The Morgan fingerprint density at radius 2 is 1.06 bits per heavy atom. The fourth-order valence-electron chi connectivity index (χ4n) is 4.16. The van der Waals surface area contributed by atoms with Gasteiger partial charge in [0, 0.05) is 39.3 Å². The van der Waals surface area contributed by atoms with E-state index in [1.165, 1.54) is 0 Å². The molecule has 5 rings (SSSR count). The van der Waals surface area contributed by atoms with E-state index in [0.29, 0.717) is 39.3 Å². The molecule has 0 saturated carbocycles. The fourth-order valence-corrected chi connectivity index (χ4v) is 4.16. The summed E-state index contributed by atoms with van der Waals surface area (Å²) >= 11 is 0. The van der Waals surface area contributed by atoms with Crippen LogP contribution in [0.1, 0.15) is 11.1 Å². The van der Waals surface area contributed by atoms with Gasteiger partial charge >= 0.3 is 0 Å². The molecule has 2 N–H and O–H groups in total. The third kappa shape index (κ3) is 5.18. The smallest absolute Gasteiger partial charge is 0.236 e. The second kappa shape index (κ2) is 10.2. The zero-order chi connectivity index (χ0) is 23.3. The number of nitrogens with one attached hydrogen (secondary N) is 2. The Morgan fingerprint density at radius 3 is 1.50 bits per heavy atom. The SMILES string of the molecule is O=C(CNCc1ccc2c(c1)OCO2)N1CCN(C(=O)CNCc2ccc3c(c2)OCO3)CC1. The highest BCUT2D eigenvalue weighted by Gasteiger charge is 2.24. The first-order valence-electron chi connectivity index (χ1n) is 11.4. The molecule has 10 nitrogen and oxygen atoms in total. The molecule has 10 heteroatoms. The Hall–Kier alpha value is -3.50. The molecule has 0 atom stereocenters. The third-order valence-electron chi connectivity index (χ3n) is 6.07.